The molecule has 102 valence electrons. The zero-order valence-corrected chi connectivity index (χ0v) is 12.9. The Morgan fingerprint density at radius 2 is 2.50 bits per heavy atom. The number of aromatic nitrogens is 4. The molecule has 20 heavy (non-hydrogen) atoms. The minimum absolute atomic E-state index is 0.113. The summed E-state index contributed by atoms with van der Waals surface area (Å²) in [6, 6.07) is 3.98. The van der Waals surface area contributed by atoms with E-state index in [1.807, 2.05) is 17.5 Å². The van der Waals surface area contributed by atoms with E-state index in [0.717, 1.165) is 21.3 Å². The number of thiophene rings is 1. The third kappa shape index (κ3) is 3.63. The molecule has 2 rings (SSSR count). The first-order valence-corrected chi connectivity index (χ1v) is 7.71. The van der Waals surface area contributed by atoms with Gasteiger partial charge in [-0.15, -0.1) is 16.4 Å². The second-order valence-electron chi connectivity index (χ2n) is 3.77. The van der Waals surface area contributed by atoms with Gasteiger partial charge in [0, 0.05) is 17.7 Å². The molecule has 2 heterocycles. The van der Waals surface area contributed by atoms with Crippen molar-refractivity contribution in [1.29, 1.82) is 5.26 Å². The zero-order valence-electron chi connectivity index (χ0n) is 10.5. The highest BCUT2D eigenvalue weighted by atomic mass is 32.2. The van der Waals surface area contributed by atoms with Gasteiger partial charge in [0.1, 0.15) is 11.1 Å². The third-order valence-corrected chi connectivity index (χ3v) is 4.53. The van der Waals surface area contributed by atoms with Gasteiger partial charge in [-0.25, -0.2) is 4.68 Å². The predicted octanol–water partition coefficient (Wildman–Crippen LogP) is 1.76. The molecule has 6 nitrogen and oxygen atoms in total. The molecule has 0 aliphatic heterocycles. The lowest BCUT2D eigenvalue weighted by Gasteiger charge is -1.96. The van der Waals surface area contributed by atoms with Crippen molar-refractivity contribution in [1.82, 2.24) is 20.2 Å². The lowest BCUT2D eigenvalue weighted by molar-refractivity contribution is 0.664. The van der Waals surface area contributed by atoms with Crippen LogP contribution in [-0.2, 0) is 12.8 Å². The van der Waals surface area contributed by atoms with Crippen LogP contribution in [0.1, 0.15) is 10.4 Å². The van der Waals surface area contributed by atoms with Crippen LogP contribution in [0.15, 0.2) is 22.2 Å². The van der Waals surface area contributed by atoms with Crippen molar-refractivity contribution in [2.75, 3.05) is 0 Å². The summed E-state index contributed by atoms with van der Waals surface area (Å²) >= 11 is 7.89. The van der Waals surface area contributed by atoms with Crippen LogP contribution in [0.2, 0.25) is 0 Å². The van der Waals surface area contributed by atoms with Gasteiger partial charge in [-0.3, -0.25) is 0 Å². The summed E-state index contributed by atoms with van der Waals surface area (Å²) < 4.78 is 1.62. The fraction of sp³-hybridized carbons (Fsp3) is 0.182. The SMILES string of the molecule is Cn1nnnc1SCc1csc(C=C(C#N)C(N)=S)c1. The summed E-state index contributed by atoms with van der Waals surface area (Å²) in [4.78, 5) is 1.06. The topological polar surface area (TPSA) is 93.4 Å². The molecule has 9 heteroatoms. The highest BCUT2D eigenvalue weighted by Crippen LogP contribution is 2.24. The Bertz CT molecular complexity index is 693. The Morgan fingerprint density at radius 1 is 1.70 bits per heavy atom. The molecule has 0 aliphatic rings. The smallest absolute Gasteiger partial charge is 0.209 e. The molecular weight excluding hydrogens is 312 g/mol. The number of nitriles is 1. The van der Waals surface area contributed by atoms with Crippen LogP contribution in [-0.4, -0.2) is 25.2 Å². The van der Waals surface area contributed by atoms with E-state index in [1.54, 1.807) is 29.6 Å². The van der Waals surface area contributed by atoms with E-state index in [2.05, 4.69) is 15.5 Å². The molecule has 0 saturated heterocycles. The van der Waals surface area contributed by atoms with Gasteiger partial charge in [-0.2, -0.15) is 5.26 Å². The normalized spacial score (nSPS) is 11.3. The van der Waals surface area contributed by atoms with Gasteiger partial charge < -0.3 is 5.73 Å². The van der Waals surface area contributed by atoms with Crippen LogP contribution in [0.3, 0.4) is 0 Å². The summed E-state index contributed by atoms with van der Waals surface area (Å²) in [6.07, 6.45) is 1.70. The fourth-order valence-corrected chi connectivity index (χ4v) is 3.17. The van der Waals surface area contributed by atoms with Gasteiger partial charge in [0.15, 0.2) is 0 Å². The Balaban J connectivity index is 2.05. The van der Waals surface area contributed by atoms with Crippen molar-refractivity contribution in [3.8, 4) is 6.07 Å². The molecule has 0 amide bonds. The maximum atomic E-state index is 8.91. The first-order valence-electron chi connectivity index (χ1n) is 5.44. The van der Waals surface area contributed by atoms with Crippen molar-refractivity contribution in [3.05, 3.63) is 27.5 Å². The zero-order chi connectivity index (χ0) is 14.5. The lowest BCUT2D eigenvalue weighted by Crippen LogP contribution is -2.09. The molecule has 0 spiro atoms. The number of thioether (sulfide) groups is 1. The van der Waals surface area contributed by atoms with E-state index in [-0.39, 0.29) is 4.99 Å². The van der Waals surface area contributed by atoms with Crippen LogP contribution in [0.25, 0.3) is 6.08 Å². The Kier molecular flexibility index (Phi) is 4.84. The van der Waals surface area contributed by atoms with Gasteiger partial charge in [0.05, 0.1) is 5.57 Å². The molecule has 0 saturated carbocycles. The number of hydrogen-bond acceptors (Lipinski definition) is 7. The van der Waals surface area contributed by atoms with E-state index in [9.17, 15) is 0 Å². The second-order valence-corrected chi connectivity index (χ2v) is 6.09. The average Bonchev–Trinajstić information content (AvgIpc) is 3.02. The monoisotopic (exact) mass is 322 g/mol. The minimum Gasteiger partial charge on any atom is -0.389 e. The standard InChI is InChI=1S/C11H10N6S3/c1-17-11(14-15-16-17)20-6-7-2-9(19-5-7)3-8(4-12)10(13)18/h2-3,5H,6H2,1H3,(H2,13,18). The highest BCUT2D eigenvalue weighted by Gasteiger charge is 2.06. The number of rotatable bonds is 5. The summed E-state index contributed by atoms with van der Waals surface area (Å²) in [6.45, 7) is 0. The van der Waals surface area contributed by atoms with Crippen molar-refractivity contribution < 1.29 is 0 Å². The van der Waals surface area contributed by atoms with Gasteiger partial charge in [0.25, 0.3) is 0 Å². The molecule has 0 bridgehead atoms. The molecule has 2 aromatic heterocycles. The molecule has 2 aromatic rings. The van der Waals surface area contributed by atoms with Crippen LogP contribution < -0.4 is 5.73 Å². The van der Waals surface area contributed by atoms with Crippen molar-refractivity contribution in [3.63, 3.8) is 0 Å². The van der Waals surface area contributed by atoms with Crippen molar-refractivity contribution >= 4 is 46.4 Å². The molecule has 2 N–H and O–H groups in total. The fourth-order valence-electron chi connectivity index (χ4n) is 1.34. The molecular formula is C11H10N6S3. The van der Waals surface area contributed by atoms with E-state index in [0.29, 0.717) is 5.57 Å². The molecule has 0 unspecified atom stereocenters. The van der Waals surface area contributed by atoms with Crippen LogP contribution in [0.4, 0.5) is 0 Å². The molecule has 0 fully saturated rings. The maximum Gasteiger partial charge on any atom is 0.209 e. The van der Waals surface area contributed by atoms with E-state index in [1.165, 1.54) is 11.3 Å². The molecule has 0 radical (unpaired) electrons. The van der Waals surface area contributed by atoms with Crippen LogP contribution in [0, 0.1) is 11.3 Å². The van der Waals surface area contributed by atoms with Gasteiger partial charge in [-0.1, -0.05) is 24.0 Å². The number of thiocarbonyl (C=S) groups is 1. The maximum absolute atomic E-state index is 8.91. The first kappa shape index (κ1) is 14.6. The summed E-state index contributed by atoms with van der Waals surface area (Å²) in [5.74, 6) is 0.757. The predicted molar refractivity (Wildman–Crippen MR) is 83.1 cm³/mol. The Morgan fingerprint density at radius 3 is 3.10 bits per heavy atom. The molecule has 0 aromatic carbocycles. The Hall–Kier alpha value is -1.76. The third-order valence-electron chi connectivity index (χ3n) is 2.30. The van der Waals surface area contributed by atoms with Crippen LogP contribution in [0.5, 0.6) is 0 Å². The second kappa shape index (κ2) is 6.60. The number of aryl methyl sites for hydroxylation is 1. The van der Waals surface area contributed by atoms with Gasteiger partial charge in [-0.05, 0) is 33.5 Å². The first-order chi connectivity index (χ1) is 9.60. The summed E-state index contributed by atoms with van der Waals surface area (Å²) in [7, 11) is 1.80. The van der Waals surface area contributed by atoms with Crippen molar-refractivity contribution in [2.45, 2.75) is 10.9 Å². The number of nitrogens with zero attached hydrogens (tertiary/aromatic N) is 5. The van der Waals surface area contributed by atoms with Gasteiger partial charge >= 0.3 is 0 Å². The van der Waals surface area contributed by atoms with Crippen LogP contribution >= 0.6 is 35.3 Å². The van der Waals surface area contributed by atoms with E-state index < -0.39 is 0 Å². The summed E-state index contributed by atoms with van der Waals surface area (Å²) in [5.41, 5.74) is 6.91. The van der Waals surface area contributed by atoms with E-state index >= 15 is 0 Å². The molecule has 0 aliphatic carbocycles. The lowest BCUT2D eigenvalue weighted by atomic mass is 10.2. The number of tetrazole rings is 1. The molecule has 0 atom stereocenters. The average molecular weight is 322 g/mol. The number of nitrogens with two attached hydrogens (primary N) is 1. The van der Waals surface area contributed by atoms with Crippen molar-refractivity contribution in [2.24, 2.45) is 12.8 Å². The largest absolute Gasteiger partial charge is 0.389 e. The van der Waals surface area contributed by atoms with E-state index in [4.69, 9.17) is 23.2 Å². The quantitative estimate of drug-likeness (QED) is 0.388. The minimum atomic E-state index is 0.113. The number of hydrogen-bond donors (Lipinski definition) is 1. The summed E-state index contributed by atoms with van der Waals surface area (Å²) in [5, 5.41) is 22.9. The Labute approximate surface area is 129 Å². The highest BCUT2D eigenvalue weighted by molar-refractivity contribution is 7.98. The van der Waals surface area contributed by atoms with Gasteiger partial charge in [0.2, 0.25) is 5.16 Å².